The number of esters is 1. The Morgan fingerprint density at radius 2 is 2.60 bits per heavy atom. The van der Waals surface area contributed by atoms with Gasteiger partial charge in [-0.05, 0) is 22.9 Å². The molecule has 0 spiro atoms. The summed E-state index contributed by atoms with van der Waals surface area (Å²) in [5, 5.41) is 7.20. The van der Waals surface area contributed by atoms with E-state index < -0.39 is 0 Å². The van der Waals surface area contributed by atoms with Gasteiger partial charge in [0.15, 0.2) is 0 Å². The third kappa shape index (κ3) is 2.04. The zero-order valence-corrected chi connectivity index (χ0v) is 9.74. The molecule has 0 radical (unpaired) electrons. The van der Waals surface area contributed by atoms with Crippen LogP contribution in [0.2, 0.25) is 0 Å². The standard InChI is InChI=1S/C9H10BrN3O2/c1-2-15-9(14)6-4-11-8-3-7(10)12-13(8)5-6/h3,5,11H,2,4H2,1H3. The van der Waals surface area contributed by atoms with Gasteiger partial charge in [-0.1, -0.05) is 0 Å². The summed E-state index contributed by atoms with van der Waals surface area (Å²) in [6.45, 7) is 2.63. The van der Waals surface area contributed by atoms with Gasteiger partial charge in [-0.2, -0.15) is 5.10 Å². The van der Waals surface area contributed by atoms with Crippen molar-refractivity contribution in [3.63, 3.8) is 0 Å². The fourth-order valence-electron chi connectivity index (χ4n) is 1.32. The molecule has 15 heavy (non-hydrogen) atoms. The number of halogens is 1. The van der Waals surface area contributed by atoms with E-state index in [1.165, 1.54) is 0 Å². The van der Waals surface area contributed by atoms with Crippen LogP contribution >= 0.6 is 15.9 Å². The second-order valence-corrected chi connectivity index (χ2v) is 3.84. The Kier molecular flexibility index (Phi) is 2.77. The molecular formula is C9H10BrN3O2. The first kappa shape index (κ1) is 10.2. The van der Waals surface area contributed by atoms with Crippen molar-refractivity contribution in [3.8, 4) is 0 Å². The highest BCUT2D eigenvalue weighted by molar-refractivity contribution is 9.10. The number of hydrogen-bond donors (Lipinski definition) is 1. The summed E-state index contributed by atoms with van der Waals surface area (Å²) in [6, 6.07) is 1.85. The molecule has 0 bridgehead atoms. The third-order valence-corrected chi connectivity index (χ3v) is 2.37. The zero-order chi connectivity index (χ0) is 10.8. The van der Waals surface area contributed by atoms with E-state index in [1.54, 1.807) is 17.8 Å². The summed E-state index contributed by atoms with van der Waals surface area (Å²) in [7, 11) is 0. The van der Waals surface area contributed by atoms with Crippen LogP contribution < -0.4 is 5.32 Å². The maximum Gasteiger partial charge on any atom is 0.337 e. The van der Waals surface area contributed by atoms with Crippen LogP contribution in [0.15, 0.2) is 16.2 Å². The largest absolute Gasteiger partial charge is 0.463 e. The smallest absolute Gasteiger partial charge is 0.337 e. The Hall–Kier alpha value is -1.30. The molecule has 80 valence electrons. The fourth-order valence-corrected chi connectivity index (χ4v) is 1.71. The molecule has 0 fully saturated rings. The number of aromatic nitrogens is 2. The first-order valence-corrected chi connectivity index (χ1v) is 5.36. The lowest BCUT2D eigenvalue weighted by Crippen LogP contribution is -2.21. The van der Waals surface area contributed by atoms with Gasteiger partial charge in [0.05, 0.1) is 18.7 Å². The Balaban J connectivity index is 2.24. The molecule has 1 N–H and O–H groups in total. The number of fused-ring (bicyclic) bond motifs is 1. The molecule has 0 saturated heterocycles. The summed E-state index contributed by atoms with van der Waals surface area (Å²) in [5.74, 6) is 0.553. The second kappa shape index (κ2) is 4.06. The van der Waals surface area contributed by atoms with Gasteiger partial charge in [0, 0.05) is 12.3 Å². The Morgan fingerprint density at radius 3 is 3.33 bits per heavy atom. The fraction of sp³-hybridized carbons (Fsp3) is 0.333. The summed E-state index contributed by atoms with van der Waals surface area (Å²) < 4.78 is 7.24. The van der Waals surface area contributed by atoms with Crippen molar-refractivity contribution < 1.29 is 9.53 Å². The van der Waals surface area contributed by atoms with Crippen LogP contribution in [0.3, 0.4) is 0 Å². The van der Waals surface area contributed by atoms with Gasteiger partial charge in [-0.25, -0.2) is 9.48 Å². The molecule has 0 saturated carbocycles. The van der Waals surface area contributed by atoms with E-state index in [0.29, 0.717) is 18.7 Å². The minimum absolute atomic E-state index is 0.303. The van der Waals surface area contributed by atoms with Crippen LogP contribution in [0.25, 0.3) is 6.20 Å². The predicted molar refractivity (Wildman–Crippen MR) is 59.3 cm³/mol. The van der Waals surface area contributed by atoms with Crippen LogP contribution in [-0.2, 0) is 9.53 Å². The summed E-state index contributed by atoms with van der Waals surface area (Å²) in [6.07, 6.45) is 1.68. The minimum atomic E-state index is -0.303. The van der Waals surface area contributed by atoms with Crippen LogP contribution in [-0.4, -0.2) is 28.9 Å². The van der Waals surface area contributed by atoms with E-state index >= 15 is 0 Å². The van der Waals surface area contributed by atoms with Crippen LogP contribution in [0.1, 0.15) is 6.92 Å². The zero-order valence-electron chi connectivity index (χ0n) is 8.16. The lowest BCUT2D eigenvalue weighted by Gasteiger charge is -2.15. The number of rotatable bonds is 2. The SMILES string of the molecule is CCOC(=O)C1=Cn2nc(Br)cc2NC1. The van der Waals surface area contributed by atoms with Crippen molar-refractivity contribution in [2.24, 2.45) is 0 Å². The number of carbonyl (C=O) groups is 1. The summed E-state index contributed by atoms with van der Waals surface area (Å²) in [4.78, 5) is 11.4. The molecule has 0 atom stereocenters. The monoisotopic (exact) mass is 271 g/mol. The average molecular weight is 272 g/mol. The maximum absolute atomic E-state index is 11.4. The van der Waals surface area contributed by atoms with Gasteiger partial charge < -0.3 is 10.1 Å². The molecule has 1 aliphatic rings. The van der Waals surface area contributed by atoms with E-state index in [1.807, 2.05) is 6.07 Å². The highest BCUT2D eigenvalue weighted by Gasteiger charge is 2.17. The van der Waals surface area contributed by atoms with Gasteiger partial charge in [0.2, 0.25) is 0 Å². The highest BCUT2D eigenvalue weighted by atomic mass is 79.9. The van der Waals surface area contributed by atoms with Crippen LogP contribution in [0.5, 0.6) is 0 Å². The molecule has 2 heterocycles. The predicted octanol–water partition coefficient (Wildman–Crippen LogP) is 1.48. The Morgan fingerprint density at radius 1 is 1.80 bits per heavy atom. The molecular weight excluding hydrogens is 262 g/mol. The van der Waals surface area contributed by atoms with E-state index in [9.17, 15) is 4.79 Å². The molecule has 0 aromatic carbocycles. The van der Waals surface area contributed by atoms with Gasteiger partial charge in [0.1, 0.15) is 10.4 Å². The van der Waals surface area contributed by atoms with Crippen molar-refractivity contribution in [2.75, 3.05) is 18.5 Å². The second-order valence-electron chi connectivity index (χ2n) is 3.03. The van der Waals surface area contributed by atoms with Crippen molar-refractivity contribution >= 4 is 33.9 Å². The molecule has 1 aromatic heterocycles. The van der Waals surface area contributed by atoms with Crippen molar-refractivity contribution in [2.45, 2.75) is 6.92 Å². The quantitative estimate of drug-likeness (QED) is 0.828. The molecule has 5 nitrogen and oxygen atoms in total. The Labute approximate surface area is 95.2 Å². The van der Waals surface area contributed by atoms with Crippen molar-refractivity contribution in [1.82, 2.24) is 9.78 Å². The molecule has 0 aliphatic carbocycles. The number of ether oxygens (including phenoxy) is 1. The number of anilines is 1. The normalized spacial score (nSPS) is 13.9. The minimum Gasteiger partial charge on any atom is -0.463 e. The number of carbonyl (C=O) groups excluding carboxylic acids is 1. The van der Waals surface area contributed by atoms with Gasteiger partial charge in [0.25, 0.3) is 0 Å². The van der Waals surface area contributed by atoms with E-state index in [2.05, 4.69) is 26.3 Å². The van der Waals surface area contributed by atoms with E-state index in [4.69, 9.17) is 4.74 Å². The molecule has 0 unspecified atom stereocenters. The lowest BCUT2D eigenvalue weighted by atomic mass is 10.2. The molecule has 0 amide bonds. The van der Waals surface area contributed by atoms with Gasteiger partial charge in [-0.3, -0.25) is 0 Å². The van der Waals surface area contributed by atoms with E-state index in [-0.39, 0.29) is 5.97 Å². The molecule has 2 rings (SSSR count). The molecule has 6 heteroatoms. The van der Waals surface area contributed by atoms with E-state index in [0.717, 1.165) is 10.4 Å². The highest BCUT2D eigenvalue weighted by Crippen LogP contribution is 2.20. The number of hydrogen-bond acceptors (Lipinski definition) is 4. The first-order valence-electron chi connectivity index (χ1n) is 4.57. The third-order valence-electron chi connectivity index (χ3n) is 1.98. The number of nitrogens with zero attached hydrogens (tertiary/aromatic N) is 2. The van der Waals surface area contributed by atoms with Crippen LogP contribution in [0.4, 0.5) is 5.82 Å². The lowest BCUT2D eigenvalue weighted by molar-refractivity contribution is -0.138. The first-order chi connectivity index (χ1) is 7.20. The topological polar surface area (TPSA) is 56.2 Å². The maximum atomic E-state index is 11.4. The molecule has 1 aliphatic heterocycles. The van der Waals surface area contributed by atoms with Crippen LogP contribution in [0, 0.1) is 0 Å². The molecule has 1 aromatic rings. The van der Waals surface area contributed by atoms with Gasteiger partial charge >= 0.3 is 5.97 Å². The number of nitrogens with one attached hydrogen (secondary N) is 1. The summed E-state index contributed by atoms with van der Waals surface area (Å²) in [5.41, 5.74) is 0.569. The average Bonchev–Trinajstić information content (AvgIpc) is 2.57. The Bertz CT molecular complexity index is 425. The van der Waals surface area contributed by atoms with Crippen molar-refractivity contribution in [1.29, 1.82) is 0 Å². The van der Waals surface area contributed by atoms with Crippen molar-refractivity contribution in [3.05, 3.63) is 16.2 Å². The summed E-state index contributed by atoms with van der Waals surface area (Å²) >= 11 is 3.26. The van der Waals surface area contributed by atoms with Gasteiger partial charge in [-0.15, -0.1) is 0 Å².